The molecule has 0 saturated carbocycles. The van der Waals surface area contributed by atoms with Gasteiger partial charge in [-0.3, -0.25) is 4.79 Å². The van der Waals surface area contributed by atoms with Gasteiger partial charge in [0.2, 0.25) is 5.91 Å². The van der Waals surface area contributed by atoms with Crippen molar-refractivity contribution in [1.29, 1.82) is 0 Å². The molecule has 1 aromatic rings. The largest absolute Gasteiger partial charge is 0.462 e. The number of hydrogen-bond acceptors (Lipinski definition) is 5. The lowest BCUT2D eigenvalue weighted by atomic mass is 10.1. The number of thiophene rings is 1. The second kappa shape index (κ2) is 6.58. The van der Waals surface area contributed by atoms with Crippen LogP contribution < -0.4 is 5.32 Å². The van der Waals surface area contributed by atoms with Gasteiger partial charge < -0.3 is 15.0 Å². The Bertz CT molecular complexity index is 553. The summed E-state index contributed by atoms with van der Waals surface area (Å²) in [6.07, 6.45) is 0.862. The lowest BCUT2D eigenvalue weighted by Crippen LogP contribution is -2.25. The number of anilines is 1. The molecular weight excluding hydrogens is 288 g/mol. The molecule has 2 heterocycles. The molecule has 1 fully saturated rings. The van der Waals surface area contributed by atoms with Gasteiger partial charge in [0.15, 0.2) is 0 Å². The molecule has 1 unspecified atom stereocenters. The fraction of sp³-hybridized carbons (Fsp3) is 0.600. The van der Waals surface area contributed by atoms with Gasteiger partial charge in [-0.05, 0) is 46.3 Å². The number of nitrogens with one attached hydrogen (secondary N) is 1. The molecular formula is C15H22N2O3S. The van der Waals surface area contributed by atoms with E-state index in [2.05, 4.69) is 10.2 Å². The number of rotatable bonds is 4. The summed E-state index contributed by atoms with van der Waals surface area (Å²) in [5.41, 5.74) is 1.39. The lowest BCUT2D eigenvalue weighted by molar-refractivity contribution is -0.119. The van der Waals surface area contributed by atoms with E-state index in [0.29, 0.717) is 17.2 Å². The molecule has 1 N–H and O–H groups in total. The molecule has 21 heavy (non-hydrogen) atoms. The van der Waals surface area contributed by atoms with Gasteiger partial charge in [-0.1, -0.05) is 0 Å². The lowest BCUT2D eigenvalue weighted by Gasteiger charge is -2.11. The Morgan fingerprint density at radius 3 is 2.71 bits per heavy atom. The van der Waals surface area contributed by atoms with E-state index in [1.807, 2.05) is 20.9 Å². The zero-order chi connectivity index (χ0) is 15.6. The molecule has 5 nitrogen and oxygen atoms in total. The van der Waals surface area contributed by atoms with E-state index in [-0.39, 0.29) is 17.8 Å². The number of ether oxygens (including phenoxy) is 1. The van der Waals surface area contributed by atoms with E-state index in [1.54, 1.807) is 6.92 Å². The van der Waals surface area contributed by atoms with E-state index in [4.69, 9.17) is 4.74 Å². The molecule has 0 aromatic carbocycles. The van der Waals surface area contributed by atoms with Crippen molar-refractivity contribution in [3.63, 3.8) is 0 Å². The Labute approximate surface area is 129 Å². The monoisotopic (exact) mass is 310 g/mol. The van der Waals surface area contributed by atoms with Crippen LogP contribution in [0.3, 0.4) is 0 Å². The van der Waals surface area contributed by atoms with Crippen molar-refractivity contribution in [3.8, 4) is 0 Å². The van der Waals surface area contributed by atoms with Crippen LogP contribution in [0, 0.1) is 19.8 Å². The van der Waals surface area contributed by atoms with E-state index in [0.717, 1.165) is 30.0 Å². The average Bonchev–Trinajstić information content (AvgIpc) is 2.95. The minimum absolute atomic E-state index is 0.00671. The molecule has 1 aliphatic heterocycles. The predicted octanol–water partition coefficient (Wildman–Crippen LogP) is 2.43. The number of carbonyl (C=O) groups is 2. The third-order valence-corrected chi connectivity index (χ3v) is 4.99. The number of carbonyl (C=O) groups excluding carboxylic acids is 2. The van der Waals surface area contributed by atoms with Crippen LogP contribution in [0.5, 0.6) is 0 Å². The number of esters is 1. The molecule has 1 aliphatic rings. The number of amides is 1. The van der Waals surface area contributed by atoms with Crippen molar-refractivity contribution in [2.45, 2.75) is 27.2 Å². The Morgan fingerprint density at radius 1 is 1.43 bits per heavy atom. The molecule has 116 valence electrons. The van der Waals surface area contributed by atoms with Gasteiger partial charge in [-0.15, -0.1) is 11.3 Å². The number of nitrogens with zero attached hydrogens (tertiary/aromatic N) is 1. The Hall–Kier alpha value is -1.40. The first-order chi connectivity index (χ1) is 9.93. The number of hydrogen-bond donors (Lipinski definition) is 1. The number of likely N-dealkylation sites (tertiary alicyclic amines) is 1. The highest BCUT2D eigenvalue weighted by molar-refractivity contribution is 7.16. The summed E-state index contributed by atoms with van der Waals surface area (Å²) in [5, 5.41) is 3.54. The maximum absolute atomic E-state index is 12.3. The van der Waals surface area contributed by atoms with E-state index in [1.165, 1.54) is 11.3 Å². The van der Waals surface area contributed by atoms with Crippen molar-refractivity contribution in [1.82, 2.24) is 4.90 Å². The van der Waals surface area contributed by atoms with Crippen LogP contribution >= 0.6 is 11.3 Å². The minimum atomic E-state index is -0.363. The van der Waals surface area contributed by atoms with Crippen LogP contribution in [0.4, 0.5) is 5.00 Å². The molecule has 6 heteroatoms. The van der Waals surface area contributed by atoms with Gasteiger partial charge in [0.25, 0.3) is 0 Å². The van der Waals surface area contributed by atoms with Gasteiger partial charge >= 0.3 is 5.97 Å². The van der Waals surface area contributed by atoms with Crippen LogP contribution in [-0.2, 0) is 9.53 Å². The molecule has 1 saturated heterocycles. The van der Waals surface area contributed by atoms with E-state index in [9.17, 15) is 9.59 Å². The smallest absolute Gasteiger partial charge is 0.341 e. The maximum atomic E-state index is 12.3. The van der Waals surface area contributed by atoms with Crippen molar-refractivity contribution in [2.24, 2.45) is 5.92 Å². The summed E-state index contributed by atoms with van der Waals surface area (Å²) in [6.45, 7) is 7.64. The van der Waals surface area contributed by atoms with Gasteiger partial charge in [-0.2, -0.15) is 0 Å². The first-order valence-electron chi connectivity index (χ1n) is 7.20. The van der Waals surface area contributed by atoms with Gasteiger partial charge in [-0.25, -0.2) is 4.79 Å². The van der Waals surface area contributed by atoms with Gasteiger partial charge in [0.1, 0.15) is 5.00 Å². The summed E-state index contributed by atoms with van der Waals surface area (Å²) in [4.78, 5) is 27.6. The first-order valence-corrected chi connectivity index (χ1v) is 8.02. The van der Waals surface area contributed by atoms with E-state index < -0.39 is 0 Å². The highest BCUT2D eigenvalue weighted by Crippen LogP contribution is 2.33. The SMILES string of the molecule is CCOC(=O)c1c(NC(=O)C2CCN(C)C2)sc(C)c1C. The summed E-state index contributed by atoms with van der Waals surface area (Å²) >= 11 is 1.44. The summed E-state index contributed by atoms with van der Waals surface area (Å²) in [7, 11) is 2.01. The van der Waals surface area contributed by atoms with Gasteiger partial charge in [0.05, 0.1) is 18.1 Å². The Morgan fingerprint density at radius 2 is 2.14 bits per heavy atom. The third-order valence-electron chi connectivity index (χ3n) is 3.86. The highest BCUT2D eigenvalue weighted by Gasteiger charge is 2.28. The number of aryl methyl sites for hydroxylation is 1. The molecule has 0 aliphatic carbocycles. The van der Waals surface area contributed by atoms with Crippen molar-refractivity contribution >= 4 is 28.2 Å². The Kier molecular flexibility index (Phi) is 5.00. The van der Waals surface area contributed by atoms with Gasteiger partial charge in [0, 0.05) is 11.4 Å². The summed E-state index contributed by atoms with van der Waals surface area (Å²) in [5.74, 6) is -0.378. The molecule has 1 atom stereocenters. The zero-order valence-electron chi connectivity index (χ0n) is 13.0. The summed E-state index contributed by atoms with van der Waals surface area (Å²) < 4.78 is 5.10. The summed E-state index contributed by atoms with van der Waals surface area (Å²) in [6, 6.07) is 0. The van der Waals surface area contributed by atoms with Crippen molar-refractivity contribution in [3.05, 3.63) is 16.0 Å². The highest BCUT2D eigenvalue weighted by atomic mass is 32.1. The maximum Gasteiger partial charge on any atom is 0.341 e. The molecule has 0 radical (unpaired) electrons. The quantitative estimate of drug-likeness (QED) is 0.868. The minimum Gasteiger partial charge on any atom is -0.462 e. The second-order valence-corrected chi connectivity index (χ2v) is 6.67. The van der Waals surface area contributed by atoms with Crippen LogP contribution in [0.25, 0.3) is 0 Å². The molecule has 0 bridgehead atoms. The van der Waals surface area contributed by atoms with Crippen LogP contribution in [-0.4, -0.2) is 43.5 Å². The molecule has 0 spiro atoms. The Balaban J connectivity index is 2.18. The van der Waals surface area contributed by atoms with Crippen LogP contribution in [0.2, 0.25) is 0 Å². The fourth-order valence-electron chi connectivity index (χ4n) is 2.53. The molecule has 1 amide bonds. The second-order valence-electron chi connectivity index (χ2n) is 5.44. The third kappa shape index (κ3) is 3.44. The van der Waals surface area contributed by atoms with Crippen molar-refractivity contribution < 1.29 is 14.3 Å². The van der Waals surface area contributed by atoms with Crippen LogP contribution in [0.15, 0.2) is 0 Å². The standard InChI is InChI=1S/C15H22N2O3S/c1-5-20-15(19)12-9(2)10(3)21-14(12)16-13(18)11-6-7-17(4)8-11/h11H,5-8H2,1-4H3,(H,16,18). The van der Waals surface area contributed by atoms with Crippen molar-refractivity contribution in [2.75, 3.05) is 32.1 Å². The first kappa shape index (κ1) is 16.0. The van der Waals surface area contributed by atoms with Crippen LogP contribution in [0.1, 0.15) is 34.1 Å². The topological polar surface area (TPSA) is 58.6 Å². The normalized spacial score (nSPS) is 18.8. The average molecular weight is 310 g/mol. The molecule has 2 rings (SSSR count). The predicted molar refractivity (Wildman–Crippen MR) is 84.0 cm³/mol. The molecule has 1 aromatic heterocycles. The van der Waals surface area contributed by atoms with E-state index >= 15 is 0 Å². The fourth-order valence-corrected chi connectivity index (χ4v) is 3.58. The zero-order valence-corrected chi connectivity index (χ0v) is 13.8.